The molecule has 0 unspecified atom stereocenters. The van der Waals surface area contributed by atoms with Crippen LogP contribution in [-0.4, -0.2) is 39.1 Å². The average molecular weight is 337 g/mol. The van der Waals surface area contributed by atoms with Gasteiger partial charge >= 0.3 is 0 Å². The van der Waals surface area contributed by atoms with Gasteiger partial charge in [-0.3, -0.25) is 0 Å². The molecule has 23 heavy (non-hydrogen) atoms. The SMILES string of the molecule is CS(=O)(=O)[C@@H]1CCCC[C@@H]1NC[C@H]1CCO[C@H]1c1ccccc1. The summed E-state index contributed by atoms with van der Waals surface area (Å²) in [5, 5.41) is 3.33. The summed E-state index contributed by atoms with van der Waals surface area (Å²) in [7, 11) is -2.98. The maximum atomic E-state index is 12.0. The van der Waals surface area contributed by atoms with Crippen LogP contribution in [0.5, 0.6) is 0 Å². The molecule has 1 N–H and O–H groups in total. The monoisotopic (exact) mass is 337 g/mol. The normalized spacial score (nSPS) is 32.0. The first kappa shape index (κ1) is 16.9. The van der Waals surface area contributed by atoms with E-state index in [2.05, 4.69) is 17.4 Å². The van der Waals surface area contributed by atoms with Crippen LogP contribution in [-0.2, 0) is 14.6 Å². The molecule has 128 valence electrons. The maximum absolute atomic E-state index is 12.0. The van der Waals surface area contributed by atoms with Crippen LogP contribution in [0, 0.1) is 5.92 Å². The van der Waals surface area contributed by atoms with Gasteiger partial charge in [0, 0.05) is 31.4 Å². The third kappa shape index (κ3) is 4.14. The fraction of sp³-hybridized carbons (Fsp3) is 0.667. The van der Waals surface area contributed by atoms with E-state index in [4.69, 9.17) is 4.74 Å². The van der Waals surface area contributed by atoms with Crippen molar-refractivity contribution in [2.75, 3.05) is 19.4 Å². The first-order valence-electron chi connectivity index (χ1n) is 8.64. The molecule has 1 saturated heterocycles. The molecule has 0 spiro atoms. The van der Waals surface area contributed by atoms with Crippen LogP contribution in [0.1, 0.15) is 43.8 Å². The standard InChI is InChI=1S/C18H27NO3S/c1-23(20,21)17-10-6-5-9-16(17)19-13-15-11-12-22-18(15)14-7-3-2-4-8-14/h2-4,7-8,15-19H,5-6,9-13H2,1H3/t15-,16+,17-,18+/m1/s1. The van der Waals surface area contributed by atoms with Gasteiger partial charge in [-0.2, -0.15) is 0 Å². The fourth-order valence-corrected chi connectivity index (χ4v) is 5.42. The Balaban J connectivity index is 1.62. The molecule has 0 bridgehead atoms. The highest BCUT2D eigenvalue weighted by atomic mass is 32.2. The number of benzene rings is 1. The topological polar surface area (TPSA) is 55.4 Å². The molecule has 1 saturated carbocycles. The van der Waals surface area contributed by atoms with Crippen LogP contribution in [0.25, 0.3) is 0 Å². The molecular formula is C18H27NO3S. The fourth-order valence-electron chi connectivity index (χ4n) is 4.00. The van der Waals surface area contributed by atoms with Crippen LogP contribution < -0.4 is 5.32 Å². The van der Waals surface area contributed by atoms with E-state index < -0.39 is 9.84 Å². The van der Waals surface area contributed by atoms with E-state index in [0.29, 0.717) is 5.92 Å². The van der Waals surface area contributed by atoms with Crippen LogP contribution >= 0.6 is 0 Å². The van der Waals surface area contributed by atoms with E-state index in [-0.39, 0.29) is 17.4 Å². The van der Waals surface area contributed by atoms with Gasteiger partial charge in [-0.1, -0.05) is 43.2 Å². The van der Waals surface area contributed by atoms with Gasteiger partial charge in [0.1, 0.15) is 0 Å². The first-order valence-corrected chi connectivity index (χ1v) is 10.6. The minimum Gasteiger partial charge on any atom is -0.373 e. The Bertz CT molecular complexity index is 602. The summed E-state index contributed by atoms with van der Waals surface area (Å²) in [6, 6.07) is 10.4. The van der Waals surface area contributed by atoms with E-state index in [1.165, 1.54) is 11.8 Å². The Morgan fingerprint density at radius 2 is 1.87 bits per heavy atom. The van der Waals surface area contributed by atoms with Crippen LogP contribution in [0.3, 0.4) is 0 Å². The van der Waals surface area contributed by atoms with Crippen molar-refractivity contribution >= 4 is 9.84 Å². The van der Waals surface area contributed by atoms with Crippen molar-refractivity contribution in [2.45, 2.75) is 49.5 Å². The van der Waals surface area contributed by atoms with Crippen molar-refractivity contribution in [1.82, 2.24) is 5.32 Å². The molecule has 1 aromatic rings. The lowest BCUT2D eigenvalue weighted by molar-refractivity contribution is 0.0894. The van der Waals surface area contributed by atoms with Gasteiger partial charge in [0.15, 0.2) is 9.84 Å². The molecule has 1 aliphatic carbocycles. The molecule has 4 nitrogen and oxygen atoms in total. The highest BCUT2D eigenvalue weighted by molar-refractivity contribution is 7.91. The average Bonchev–Trinajstić information content (AvgIpc) is 3.02. The number of hydrogen-bond donors (Lipinski definition) is 1. The molecule has 2 fully saturated rings. The summed E-state index contributed by atoms with van der Waals surface area (Å²) >= 11 is 0. The highest BCUT2D eigenvalue weighted by Gasteiger charge is 2.35. The Kier molecular flexibility index (Phi) is 5.39. The molecule has 0 radical (unpaired) electrons. The summed E-state index contributed by atoms with van der Waals surface area (Å²) in [5.41, 5.74) is 1.22. The Morgan fingerprint density at radius 1 is 1.13 bits per heavy atom. The number of hydrogen-bond acceptors (Lipinski definition) is 4. The van der Waals surface area contributed by atoms with Crippen molar-refractivity contribution in [3.05, 3.63) is 35.9 Å². The van der Waals surface area contributed by atoms with Gasteiger partial charge in [0.05, 0.1) is 11.4 Å². The third-order valence-electron chi connectivity index (χ3n) is 5.24. The second-order valence-corrected chi connectivity index (χ2v) is 9.18. The lowest BCUT2D eigenvalue weighted by atomic mass is 9.92. The number of rotatable bonds is 5. The maximum Gasteiger partial charge on any atom is 0.151 e. The van der Waals surface area contributed by atoms with E-state index in [9.17, 15) is 8.42 Å². The summed E-state index contributed by atoms with van der Waals surface area (Å²) < 4.78 is 30.0. The van der Waals surface area contributed by atoms with Crippen molar-refractivity contribution in [3.63, 3.8) is 0 Å². The Labute approximate surface area is 139 Å². The molecule has 1 aromatic carbocycles. The zero-order valence-electron chi connectivity index (χ0n) is 13.8. The first-order chi connectivity index (χ1) is 11.1. The molecule has 0 aromatic heterocycles. The molecule has 1 heterocycles. The van der Waals surface area contributed by atoms with Crippen LogP contribution in [0.4, 0.5) is 0 Å². The van der Waals surface area contributed by atoms with E-state index in [1.807, 2.05) is 18.2 Å². The number of sulfone groups is 1. The second-order valence-electron chi connectivity index (χ2n) is 6.92. The summed E-state index contributed by atoms with van der Waals surface area (Å²) in [4.78, 5) is 0. The number of nitrogens with one attached hydrogen (secondary N) is 1. The zero-order chi connectivity index (χ0) is 16.3. The minimum absolute atomic E-state index is 0.0933. The Morgan fingerprint density at radius 3 is 2.61 bits per heavy atom. The molecule has 5 heteroatoms. The number of ether oxygens (including phenoxy) is 1. The van der Waals surface area contributed by atoms with Gasteiger partial charge in [0.25, 0.3) is 0 Å². The minimum atomic E-state index is -2.98. The van der Waals surface area contributed by atoms with Crippen molar-refractivity contribution in [1.29, 1.82) is 0 Å². The lowest BCUT2D eigenvalue weighted by Gasteiger charge is -2.32. The second kappa shape index (κ2) is 7.32. The predicted octanol–water partition coefficient (Wildman–Crippen LogP) is 2.71. The Hall–Kier alpha value is -0.910. The summed E-state index contributed by atoms with van der Waals surface area (Å²) in [5.74, 6) is 0.416. The quantitative estimate of drug-likeness (QED) is 0.897. The van der Waals surface area contributed by atoms with Crippen molar-refractivity contribution < 1.29 is 13.2 Å². The highest BCUT2D eigenvalue weighted by Crippen LogP contribution is 2.34. The molecule has 3 rings (SSSR count). The molecule has 1 aliphatic heterocycles. The van der Waals surface area contributed by atoms with Gasteiger partial charge < -0.3 is 10.1 Å². The van der Waals surface area contributed by atoms with Crippen LogP contribution in [0.15, 0.2) is 30.3 Å². The predicted molar refractivity (Wildman–Crippen MR) is 92.1 cm³/mol. The van der Waals surface area contributed by atoms with Gasteiger partial charge in [-0.05, 0) is 24.8 Å². The van der Waals surface area contributed by atoms with Gasteiger partial charge in [0.2, 0.25) is 0 Å². The van der Waals surface area contributed by atoms with E-state index in [1.54, 1.807) is 0 Å². The molecular weight excluding hydrogens is 310 g/mol. The molecule has 0 amide bonds. The third-order valence-corrected chi connectivity index (χ3v) is 6.90. The van der Waals surface area contributed by atoms with Crippen molar-refractivity contribution in [3.8, 4) is 0 Å². The largest absolute Gasteiger partial charge is 0.373 e. The lowest BCUT2D eigenvalue weighted by Crippen LogP contribution is -2.47. The van der Waals surface area contributed by atoms with Crippen LogP contribution in [0.2, 0.25) is 0 Å². The van der Waals surface area contributed by atoms with E-state index >= 15 is 0 Å². The molecule has 4 atom stereocenters. The van der Waals surface area contributed by atoms with Crippen molar-refractivity contribution in [2.24, 2.45) is 5.92 Å². The summed E-state index contributed by atoms with van der Waals surface area (Å²) in [6.45, 7) is 1.61. The zero-order valence-corrected chi connectivity index (χ0v) is 14.6. The smallest absolute Gasteiger partial charge is 0.151 e. The van der Waals surface area contributed by atoms with Gasteiger partial charge in [-0.25, -0.2) is 8.42 Å². The van der Waals surface area contributed by atoms with Gasteiger partial charge in [-0.15, -0.1) is 0 Å². The van der Waals surface area contributed by atoms with E-state index in [0.717, 1.165) is 45.3 Å². The summed E-state index contributed by atoms with van der Waals surface area (Å²) in [6.07, 6.45) is 6.43. The molecule has 2 aliphatic rings.